The van der Waals surface area contributed by atoms with Gasteiger partial charge in [0, 0.05) is 46.5 Å². The number of anilines is 1. The van der Waals surface area contributed by atoms with Crippen LogP contribution < -0.4 is 4.90 Å². The van der Waals surface area contributed by atoms with E-state index in [2.05, 4.69) is 20.9 Å². The first-order valence-electron chi connectivity index (χ1n) is 8.17. The van der Waals surface area contributed by atoms with E-state index in [1.54, 1.807) is 0 Å². The summed E-state index contributed by atoms with van der Waals surface area (Å²) in [5, 5.41) is 9.83. The van der Waals surface area contributed by atoms with Crippen molar-refractivity contribution in [1.29, 1.82) is 0 Å². The van der Waals surface area contributed by atoms with Crippen LogP contribution in [0.2, 0.25) is 0 Å². The van der Waals surface area contributed by atoms with Gasteiger partial charge in [-0.3, -0.25) is 9.69 Å². The number of hydrogen-bond acceptors (Lipinski definition) is 5. The largest absolute Gasteiger partial charge is 0.481 e. The number of aromatic nitrogens is 1. The molecule has 0 aromatic carbocycles. The van der Waals surface area contributed by atoms with Crippen LogP contribution in [0.25, 0.3) is 0 Å². The molecular formula is C17H26N4O2. The summed E-state index contributed by atoms with van der Waals surface area (Å²) in [4.78, 5) is 22.8. The molecule has 1 N–H and O–H groups in total. The monoisotopic (exact) mass is 318 g/mol. The van der Waals surface area contributed by atoms with Gasteiger partial charge in [-0.1, -0.05) is 6.07 Å². The van der Waals surface area contributed by atoms with Crippen molar-refractivity contribution in [2.75, 3.05) is 52.2 Å². The highest BCUT2D eigenvalue weighted by molar-refractivity contribution is 5.76. The lowest BCUT2D eigenvalue weighted by Crippen LogP contribution is -2.52. The van der Waals surface area contributed by atoms with Crippen molar-refractivity contribution in [1.82, 2.24) is 14.8 Å². The van der Waals surface area contributed by atoms with Crippen LogP contribution in [-0.2, 0) is 11.3 Å². The van der Waals surface area contributed by atoms with Crippen molar-refractivity contribution < 1.29 is 9.90 Å². The van der Waals surface area contributed by atoms with Crippen LogP contribution in [0.4, 0.5) is 5.82 Å². The molecule has 6 nitrogen and oxygen atoms in total. The minimum atomic E-state index is -0.641. The third-order valence-corrected chi connectivity index (χ3v) is 5.28. The highest BCUT2D eigenvalue weighted by Gasteiger charge is 2.54. The summed E-state index contributed by atoms with van der Waals surface area (Å²) in [6, 6.07) is 4.10. The van der Waals surface area contributed by atoms with Crippen LogP contribution in [0.15, 0.2) is 18.3 Å². The van der Waals surface area contributed by atoms with Gasteiger partial charge in [0.15, 0.2) is 0 Å². The molecule has 1 aromatic rings. The van der Waals surface area contributed by atoms with E-state index in [0.29, 0.717) is 13.1 Å². The second-order valence-electron chi connectivity index (χ2n) is 7.27. The van der Waals surface area contributed by atoms with Gasteiger partial charge in [0.1, 0.15) is 5.82 Å². The Kier molecular flexibility index (Phi) is 4.29. The summed E-state index contributed by atoms with van der Waals surface area (Å²) in [7, 11) is 5.97. The Labute approximate surface area is 137 Å². The lowest BCUT2D eigenvalue weighted by molar-refractivity contribution is -0.153. The van der Waals surface area contributed by atoms with Crippen LogP contribution in [-0.4, -0.2) is 73.2 Å². The van der Waals surface area contributed by atoms with E-state index < -0.39 is 11.4 Å². The lowest BCUT2D eigenvalue weighted by Gasteiger charge is -2.39. The molecule has 2 unspecified atom stereocenters. The average Bonchev–Trinajstić information content (AvgIpc) is 2.86. The predicted molar refractivity (Wildman–Crippen MR) is 89.5 cm³/mol. The van der Waals surface area contributed by atoms with Gasteiger partial charge in [-0.05, 0) is 37.6 Å². The number of hydrogen-bond donors (Lipinski definition) is 1. The van der Waals surface area contributed by atoms with E-state index in [1.165, 1.54) is 0 Å². The highest BCUT2D eigenvalue weighted by Crippen LogP contribution is 2.42. The smallest absolute Gasteiger partial charge is 0.312 e. The number of likely N-dealkylation sites (tertiary alicyclic amines) is 2. The third kappa shape index (κ3) is 3.05. The topological polar surface area (TPSA) is 59.9 Å². The molecule has 2 saturated heterocycles. The van der Waals surface area contributed by atoms with Crippen LogP contribution in [0.1, 0.15) is 12.0 Å². The molecule has 0 bridgehead atoms. The van der Waals surface area contributed by atoms with E-state index in [0.717, 1.165) is 37.4 Å². The molecule has 1 aromatic heterocycles. The van der Waals surface area contributed by atoms with E-state index in [1.807, 2.05) is 38.3 Å². The normalized spacial score (nSPS) is 28.6. The minimum Gasteiger partial charge on any atom is -0.481 e. The molecule has 3 rings (SSSR count). The first kappa shape index (κ1) is 16.2. The molecule has 0 aliphatic carbocycles. The second kappa shape index (κ2) is 6.09. The minimum absolute atomic E-state index is 0.255. The maximum Gasteiger partial charge on any atom is 0.312 e. The molecule has 2 atom stereocenters. The van der Waals surface area contributed by atoms with Crippen LogP contribution in [0, 0.1) is 11.3 Å². The Bertz CT molecular complexity index is 574. The summed E-state index contributed by atoms with van der Waals surface area (Å²) in [5.41, 5.74) is 0.535. The van der Waals surface area contributed by atoms with Gasteiger partial charge in [0.2, 0.25) is 0 Å². The van der Waals surface area contributed by atoms with Crippen molar-refractivity contribution >= 4 is 11.8 Å². The molecule has 126 valence electrons. The Morgan fingerprint density at radius 1 is 1.43 bits per heavy atom. The molecule has 0 spiro atoms. The van der Waals surface area contributed by atoms with Crippen LogP contribution >= 0.6 is 0 Å². The predicted octanol–water partition coefficient (Wildman–Crippen LogP) is 0.986. The summed E-state index contributed by atoms with van der Waals surface area (Å²) in [6.45, 7) is 3.92. The first-order valence-corrected chi connectivity index (χ1v) is 8.17. The Morgan fingerprint density at radius 3 is 2.83 bits per heavy atom. The fraction of sp³-hybridized carbons (Fsp3) is 0.647. The molecule has 2 fully saturated rings. The zero-order valence-electron chi connectivity index (χ0n) is 14.2. The van der Waals surface area contributed by atoms with Gasteiger partial charge < -0.3 is 14.9 Å². The van der Waals surface area contributed by atoms with E-state index in [9.17, 15) is 9.90 Å². The summed E-state index contributed by atoms with van der Waals surface area (Å²) in [6.07, 6.45) is 2.87. The van der Waals surface area contributed by atoms with Crippen LogP contribution in [0.3, 0.4) is 0 Å². The van der Waals surface area contributed by atoms with Gasteiger partial charge in [0.05, 0.1) is 5.41 Å². The first-order chi connectivity index (χ1) is 10.9. The third-order valence-electron chi connectivity index (χ3n) is 5.28. The Balaban J connectivity index is 1.72. The van der Waals surface area contributed by atoms with Crippen molar-refractivity contribution in [2.24, 2.45) is 11.3 Å². The zero-order valence-corrected chi connectivity index (χ0v) is 14.2. The molecule has 2 aliphatic rings. The molecule has 0 amide bonds. The Morgan fingerprint density at radius 2 is 2.22 bits per heavy atom. The summed E-state index contributed by atoms with van der Waals surface area (Å²) in [5.74, 6) is 0.551. The molecule has 6 heteroatoms. The number of carboxylic acids is 1. The number of piperidine rings is 1. The van der Waals surface area contributed by atoms with Gasteiger partial charge in [-0.2, -0.15) is 0 Å². The van der Waals surface area contributed by atoms with E-state index >= 15 is 0 Å². The number of pyridine rings is 1. The summed E-state index contributed by atoms with van der Waals surface area (Å²) < 4.78 is 0. The maximum atomic E-state index is 11.9. The van der Waals surface area contributed by atoms with Gasteiger partial charge in [-0.25, -0.2) is 4.98 Å². The SMILES string of the molecule is CN1CCC2CN(Cc3ccc(N(C)C)nc3)CC2(C(=O)O)C1. The van der Waals surface area contributed by atoms with E-state index in [-0.39, 0.29) is 5.92 Å². The number of carbonyl (C=O) groups is 1. The maximum absolute atomic E-state index is 11.9. The fourth-order valence-electron chi connectivity index (χ4n) is 4.03. The lowest BCUT2D eigenvalue weighted by atomic mass is 9.73. The molecule has 23 heavy (non-hydrogen) atoms. The zero-order chi connectivity index (χ0) is 16.6. The number of rotatable bonds is 4. The standard InChI is InChI=1S/C17H26N4O2/c1-19(2)15-5-4-13(8-18-15)9-21-10-14-6-7-20(3)11-17(14,12-21)16(22)23/h4-5,8,14H,6-7,9-12H2,1-3H3,(H,22,23). The quantitative estimate of drug-likeness (QED) is 0.893. The molecular weight excluding hydrogens is 292 g/mol. The van der Waals surface area contributed by atoms with Gasteiger partial charge in [0.25, 0.3) is 0 Å². The molecule has 2 aliphatic heterocycles. The van der Waals surface area contributed by atoms with Crippen molar-refractivity contribution in [3.63, 3.8) is 0 Å². The van der Waals surface area contributed by atoms with Crippen LogP contribution in [0.5, 0.6) is 0 Å². The number of carboxylic acid groups (broad SMARTS) is 1. The average molecular weight is 318 g/mol. The van der Waals surface area contributed by atoms with Crippen molar-refractivity contribution in [3.05, 3.63) is 23.9 Å². The van der Waals surface area contributed by atoms with E-state index in [4.69, 9.17) is 0 Å². The second-order valence-corrected chi connectivity index (χ2v) is 7.27. The molecule has 3 heterocycles. The summed E-state index contributed by atoms with van der Waals surface area (Å²) >= 11 is 0. The molecule has 0 saturated carbocycles. The Hall–Kier alpha value is -1.66. The number of fused-ring (bicyclic) bond motifs is 1. The van der Waals surface area contributed by atoms with Crippen molar-refractivity contribution in [3.8, 4) is 0 Å². The van der Waals surface area contributed by atoms with Crippen molar-refractivity contribution in [2.45, 2.75) is 13.0 Å². The molecule has 0 radical (unpaired) electrons. The van der Waals surface area contributed by atoms with Gasteiger partial charge >= 0.3 is 5.97 Å². The number of nitrogens with zero attached hydrogens (tertiary/aromatic N) is 4. The van der Waals surface area contributed by atoms with Gasteiger partial charge in [-0.15, -0.1) is 0 Å². The highest BCUT2D eigenvalue weighted by atomic mass is 16.4. The fourth-order valence-corrected chi connectivity index (χ4v) is 4.03. The number of aliphatic carboxylic acids is 1.